The number of ether oxygens (including phenoxy) is 1. The molecule has 0 radical (unpaired) electrons. The van der Waals surface area contributed by atoms with Gasteiger partial charge in [-0.25, -0.2) is 0 Å². The molecule has 24 heavy (non-hydrogen) atoms. The normalized spacial score (nSPS) is 15.4. The minimum absolute atomic E-state index is 0.0169. The summed E-state index contributed by atoms with van der Waals surface area (Å²) < 4.78 is 5.97. The minimum atomic E-state index is -0.182. The van der Waals surface area contributed by atoms with Crippen molar-refractivity contribution in [3.05, 3.63) is 70.6 Å². The number of carbonyl (C=O) groups is 2. The van der Waals surface area contributed by atoms with E-state index in [1.54, 1.807) is 30.3 Å². The first kappa shape index (κ1) is 16.4. The van der Waals surface area contributed by atoms with Crippen molar-refractivity contribution in [3.63, 3.8) is 0 Å². The Labute approximate surface area is 148 Å². The Hall–Kier alpha value is -2.44. The van der Waals surface area contributed by atoms with Crippen molar-refractivity contribution in [2.45, 2.75) is 0 Å². The highest BCUT2D eigenvalue weighted by Crippen LogP contribution is 2.26. The number of Topliss-reactive ketones (excluding diaryl/α,β-unsaturated/α-hetero) is 1. The summed E-state index contributed by atoms with van der Waals surface area (Å²) in [4.78, 5) is 24.2. The Morgan fingerprint density at radius 1 is 1.12 bits per heavy atom. The Morgan fingerprint density at radius 2 is 1.83 bits per heavy atom. The fraction of sp³-hybridized carbons (Fsp3) is 0.0556. The van der Waals surface area contributed by atoms with Gasteiger partial charge >= 0.3 is 0 Å². The van der Waals surface area contributed by atoms with Gasteiger partial charge < -0.3 is 10.1 Å². The second kappa shape index (κ2) is 7.42. The average molecular weight is 355 g/mol. The molecular formula is C18H13NO3S2. The summed E-state index contributed by atoms with van der Waals surface area (Å²) in [7, 11) is 0. The van der Waals surface area contributed by atoms with Crippen molar-refractivity contribution in [1.82, 2.24) is 5.32 Å². The fourth-order valence-corrected chi connectivity index (χ4v) is 3.13. The van der Waals surface area contributed by atoms with Crippen LogP contribution in [-0.4, -0.2) is 22.6 Å². The Balaban J connectivity index is 1.61. The highest BCUT2D eigenvalue weighted by Gasteiger charge is 2.21. The molecule has 0 unspecified atom stereocenters. The molecule has 3 rings (SSSR count). The van der Waals surface area contributed by atoms with Crippen molar-refractivity contribution >= 4 is 46.1 Å². The average Bonchev–Trinajstić information content (AvgIpc) is 2.92. The maximum Gasteiger partial charge on any atom is 0.263 e. The molecule has 1 amide bonds. The summed E-state index contributed by atoms with van der Waals surface area (Å²) in [6, 6.07) is 16.2. The van der Waals surface area contributed by atoms with Crippen LogP contribution in [0.4, 0.5) is 0 Å². The Bertz CT molecular complexity index is 814. The van der Waals surface area contributed by atoms with Crippen LogP contribution in [0, 0.1) is 0 Å². The quantitative estimate of drug-likeness (QED) is 0.506. The molecule has 0 spiro atoms. The highest BCUT2D eigenvalue weighted by molar-refractivity contribution is 8.26. The van der Waals surface area contributed by atoms with Crippen molar-refractivity contribution < 1.29 is 14.3 Å². The van der Waals surface area contributed by atoms with Crippen molar-refractivity contribution in [2.24, 2.45) is 0 Å². The maximum absolute atomic E-state index is 12.0. The standard InChI is InChI=1S/C18H13NO3S2/c20-15(13-4-2-1-3-5-13)11-22-14-8-6-12(7-9-14)10-16-17(21)19-18(23)24-16/h1-10H,11H2,(H,19,21,23). The first-order chi connectivity index (χ1) is 11.6. The number of thiocarbonyl (C=S) groups is 1. The largest absolute Gasteiger partial charge is 0.485 e. The van der Waals surface area contributed by atoms with Gasteiger partial charge in [-0.1, -0.05) is 66.4 Å². The third kappa shape index (κ3) is 4.10. The lowest BCUT2D eigenvalue weighted by Crippen LogP contribution is -2.17. The highest BCUT2D eigenvalue weighted by atomic mass is 32.2. The van der Waals surface area contributed by atoms with Gasteiger partial charge in [0.1, 0.15) is 10.1 Å². The summed E-state index contributed by atoms with van der Waals surface area (Å²) >= 11 is 6.19. The molecule has 1 heterocycles. The minimum Gasteiger partial charge on any atom is -0.485 e. The molecule has 2 aromatic carbocycles. The zero-order valence-electron chi connectivity index (χ0n) is 12.5. The molecule has 2 aromatic rings. The van der Waals surface area contributed by atoms with E-state index in [9.17, 15) is 9.59 Å². The lowest BCUT2D eigenvalue weighted by molar-refractivity contribution is -0.115. The van der Waals surface area contributed by atoms with Crippen LogP contribution in [0.2, 0.25) is 0 Å². The van der Waals surface area contributed by atoms with Crippen LogP contribution in [0.1, 0.15) is 15.9 Å². The van der Waals surface area contributed by atoms with Gasteiger partial charge in [0.15, 0.2) is 12.4 Å². The van der Waals surface area contributed by atoms with Crippen LogP contribution in [-0.2, 0) is 4.79 Å². The van der Waals surface area contributed by atoms with Crippen LogP contribution in [0.5, 0.6) is 5.75 Å². The van der Waals surface area contributed by atoms with E-state index in [1.807, 2.05) is 30.3 Å². The van der Waals surface area contributed by atoms with E-state index in [0.29, 0.717) is 20.5 Å². The third-order valence-electron chi connectivity index (χ3n) is 3.29. The Kier molecular flexibility index (Phi) is 5.08. The van der Waals surface area contributed by atoms with E-state index in [2.05, 4.69) is 5.32 Å². The van der Waals surface area contributed by atoms with E-state index in [1.165, 1.54) is 11.8 Å². The number of nitrogens with one attached hydrogen (secondary N) is 1. The molecule has 6 heteroatoms. The van der Waals surface area contributed by atoms with Crippen molar-refractivity contribution in [3.8, 4) is 5.75 Å². The van der Waals surface area contributed by atoms with Crippen LogP contribution in [0.3, 0.4) is 0 Å². The van der Waals surface area contributed by atoms with Crippen molar-refractivity contribution in [1.29, 1.82) is 0 Å². The SMILES string of the molecule is O=C1NC(=S)SC1=Cc1ccc(OCC(=O)c2ccccc2)cc1. The van der Waals surface area contributed by atoms with Crippen LogP contribution in [0.15, 0.2) is 59.5 Å². The third-order valence-corrected chi connectivity index (χ3v) is 4.45. The number of ketones is 1. The molecule has 0 aliphatic carbocycles. The molecule has 0 atom stereocenters. The van der Waals surface area contributed by atoms with Gasteiger partial charge in [-0.05, 0) is 23.8 Å². The van der Waals surface area contributed by atoms with Gasteiger partial charge in [-0.15, -0.1) is 0 Å². The smallest absolute Gasteiger partial charge is 0.263 e. The molecule has 0 aromatic heterocycles. The van der Waals surface area contributed by atoms with E-state index in [-0.39, 0.29) is 18.3 Å². The number of amides is 1. The van der Waals surface area contributed by atoms with E-state index >= 15 is 0 Å². The van der Waals surface area contributed by atoms with Crippen LogP contribution in [0.25, 0.3) is 6.08 Å². The fourth-order valence-electron chi connectivity index (χ4n) is 2.09. The van der Waals surface area contributed by atoms with Gasteiger partial charge in [0.05, 0.1) is 4.91 Å². The first-order valence-electron chi connectivity index (χ1n) is 7.18. The maximum atomic E-state index is 12.0. The molecule has 1 saturated heterocycles. The molecule has 0 bridgehead atoms. The molecule has 120 valence electrons. The molecular weight excluding hydrogens is 342 g/mol. The zero-order chi connectivity index (χ0) is 16.9. The number of hydrogen-bond acceptors (Lipinski definition) is 5. The van der Waals surface area contributed by atoms with Crippen LogP contribution >= 0.6 is 24.0 Å². The number of rotatable bonds is 5. The van der Waals surface area contributed by atoms with Crippen molar-refractivity contribution in [2.75, 3.05) is 6.61 Å². The molecule has 1 aliphatic heterocycles. The number of benzene rings is 2. The predicted octanol–water partition coefficient (Wildman–Crippen LogP) is 3.44. The van der Waals surface area contributed by atoms with Crippen LogP contribution < -0.4 is 10.1 Å². The summed E-state index contributed by atoms with van der Waals surface area (Å²) in [6.07, 6.45) is 1.76. The Morgan fingerprint density at radius 3 is 2.46 bits per heavy atom. The molecule has 1 aliphatic rings. The van der Waals surface area contributed by atoms with E-state index in [0.717, 1.165) is 5.56 Å². The first-order valence-corrected chi connectivity index (χ1v) is 8.40. The lowest BCUT2D eigenvalue weighted by atomic mass is 10.1. The molecule has 1 N–H and O–H groups in total. The predicted molar refractivity (Wildman–Crippen MR) is 99.0 cm³/mol. The molecule has 1 fully saturated rings. The summed E-state index contributed by atoms with van der Waals surface area (Å²) in [5.74, 6) is 0.341. The monoisotopic (exact) mass is 355 g/mol. The molecule has 0 saturated carbocycles. The summed E-state index contributed by atoms with van der Waals surface area (Å²) in [5, 5.41) is 2.57. The van der Waals surface area contributed by atoms with E-state index in [4.69, 9.17) is 17.0 Å². The number of carbonyl (C=O) groups excluding carboxylic acids is 2. The van der Waals surface area contributed by atoms with Gasteiger partial charge in [0.25, 0.3) is 5.91 Å². The number of thioether (sulfide) groups is 1. The summed E-state index contributed by atoms with van der Waals surface area (Å²) in [5.41, 5.74) is 1.48. The lowest BCUT2D eigenvalue weighted by Gasteiger charge is -2.06. The number of hydrogen-bond donors (Lipinski definition) is 1. The second-order valence-corrected chi connectivity index (χ2v) is 6.72. The van der Waals surface area contributed by atoms with Gasteiger partial charge in [-0.3, -0.25) is 9.59 Å². The van der Waals surface area contributed by atoms with Gasteiger partial charge in [-0.2, -0.15) is 0 Å². The second-order valence-electron chi connectivity index (χ2n) is 5.00. The van der Waals surface area contributed by atoms with E-state index < -0.39 is 0 Å². The summed E-state index contributed by atoms with van der Waals surface area (Å²) in [6.45, 7) is -0.0169. The molecule has 4 nitrogen and oxygen atoms in total. The van der Waals surface area contributed by atoms with Gasteiger partial charge in [0.2, 0.25) is 0 Å². The zero-order valence-corrected chi connectivity index (χ0v) is 14.2. The topological polar surface area (TPSA) is 55.4 Å². The van der Waals surface area contributed by atoms with Gasteiger partial charge in [0, 0.05) is 5.56 Å².